The van der Waals surface area contributed by atoms with Crippen molar-refractivity contribution in [3.63, 3.8) is 0 Å². The third-order valence-corrected chi connectivity index (χ3v) is 2.46. The number of halogens is 1. The Labute approximate surface area is 107 Å². The fourth-order valence-electron chi connectivity index (χ4n) is 1.48. The quantitative estimate of drug-likeness (QED) is 0.560. The van der Waals surface area contributed by atoms with Gasteiger partial charge in [-0.15, -0.1) is 0 Å². The van der Waals surface area contributed by atoms with Crippen molar-refractivity contribution in [2.24, 2.45) is 10.7 Å². The summed E-state index contributed by atoms with van der Waals surface area (Å²) in [6.07, 6.45) is 0. The Morgan fingerprint density at radius 1 is 1.44 bits per heavy atom. The second-order valence-electron chi connectivity index (χ2n) is 4.78. The van der Waals surface area contributed by atoms with E-state index in [4.69, 9.17) is 5.73 Å². The van der Waals surface area contributed by atoms with Crippen LogP contribution in [0.1, 0.15) is 26.3 Å². The number of aliphatic hydroxyl groups is 1. The first kappa shape index (κ1) is 14.4. The van der Waals surface area contributed by atoms with Gasteiger partial charge in [0.05, 0.1) is 6.54 Å². The molecule has 1 unspecified atom stereocenters. The van der Waals surface area contributed by atoms with Gasteiger partial charge in [0.25, 0.3) is 0 Å². The highest BCUT2D eigenvalue weighted by atomic mass is 19.1. The van der Waals surface area contributed by atoms with Gasteiger partial charge in [-0.25, -0.2) is 4.39 Å². The van der Waals surface area contributed by atoms with Gasteiger partial charge in [0.1, 0.15) is 11.4 Å². The Balaban J connectivity index is 2.72. The molecule has 1 atom stereocenters. The van der Waals surface area contributed by atoms with E-state index < -0.39 is 5.60 Å². The second-order valence-corrected chi connectivity index (χ2v) is 4.78. The van der Waals surface area contributed by atoms with Crippen molar-refractivity contribution in [2.75, 3.05) is 6.54 Å². The van der Waals surface area contributed by atoms with Crippen molar-refractivity contribution in [1.82, 2.24) is 5.32 Å². The molecule has 0 amide bonds. The van der Waals surface area contributed by atoms with Crippen LogP contribution in [0.3, 0.4) is 0 Å². The van der Waals surface area contributed by atoms with Gasteiger partial charge in [-0.2, -0.15) is 0 Å². The average Bonchev–Trinajstić information content (AvgIpc) is 2.26. The lowest BCUT2D eigenvalue weighted by Crippen LogP contribution is -2.38. The van der Waals surface area contributed by atoms with Crippen molar-refractivity contribution < 1.29 is 9.50 Å². The summed E-state index contributed by atoms with van der Waals surface area (Å²) < 4.78 is 12.8. The molecule has 0 heterocycles. The molecule has 1 aromatic rings. The lowest BCUT2D eigenvalue weighted by Gasteiger charge is -2.22. The van der Waals surface area contributed by atoms with Crippen LogP contribution in [-0.2, 0) is 5.60 Å². The molecule has 4 N–H and O–H groups in total. The maximum atomic E-state index is 12.8. The normalized spacial score (nSPS) is 15.6. The number of guanidine groups is 1. The van der Waals surface area contributed by atoms with E-state index in [1.807, 2.05) is 13.8 Å². The van der Waals surface area contributed by atoms with E-state index in [9.17, 15) is 9.50 Å². The first-order valence-electron chi connectivity index (χ1n) is 5.86. The molecule has 0 aliphatic rings. The molecule has 1 aromatic carbocycles. The molecular weight excluding hydrogens is 233 g/mol. The molecule has 5 heteroatoms. The number of benzene rings is 1. The van der Waals surface area contributed by atoms with Crippen LogP contribution in [0, 0.1) is 5.82 Å². The average molecular weight is 253 g/mol. The van der Waals surface area contributed by atoms with Crippen molar-refractivity contribution in [1.29, 1.82) is 0 Å². The van der Waals surface area contributed by atoms with Crippen molar-refractivity contribution in [3.05, 3.63) is 35.6 Å². The molecule has 0 saturated carbocycles. The van der Waals surface area contributed by atoms with Gasteiger partial charge in [-0.1, -0.05) is 12.1 Å². The van der Waals surface area contributed by atoms with Crippen LogP contribution in [0.2, 0.25) is 0 Å². The van der Waals surface area contributed by atoms with E-state index in [-0.39, 0.29) is 24.4 Å². The van der Waals surface area contributed by atoms with Gasteiger partial charge < -0.3 is 16.2 Å². The van der Waals surface area contributed by atoms with E-state index in [0.29, 0.717) is 5.56 Å². The highest BCUT2D eigenvalue weighted by Gasteiger charge is 2.22. The lowest BCUT2D eigenvalue weighted by molar-refractivity contribution is 0.0672. The summed E-state index contributed by atoms with van der Waals surface area (Å²) >= 11 is 0. The summed E-state index contributed by atoms with van der Waals surface area (Å²) in [5.41, 5.74) is 5.08. The molecule has 18 heavy (non-hydrogen) atoms. The molecule has 0 spiro atoms. The molecule has 0 radical (unpaired) electrons. The minimum Gasteiger partial charge on any atom is -0.384 e. The molecule has 0 saturated heterocycles. The largest absolute Gasteiger partial charge is 0.384 e. The summed E-state index contributed by atoms with van der Waals surface area (Å²) in [6, 6.07) is 5.88. The molecule has 100 valence electrons. The van der Waals surface area contributed by atoms with Crippen LogP contribution in [0.15, 0.2) is 29.3 Å². The van der Waals surface area contributed by atoms with Gasteiger partial charge in [-0.3, -0.25) is 4.99 Å². The third-order valence-electron chi connectivity index (χ3n) is 2.46. The fourth-order valence-corrected chi connectivity index (χ4v) is 1.48. The highest BCUT2D eigenvalue weighted by molar-refractivity contribution is 5.78. The van der Waals surface area contributed by atoms with Gasteiger partial charge in [0, 0.05) is 6.04 Å². The van der Waals surface area contributed by atoms with Gasteiger partial charge >= 0.3 is 0 Å². The zero-order chi connectivity index (χ0) is 13.8. The molecule has 0 aromatic heterocycles. The summed E-state index contributed by atoms with van der Waals surface area (Å²) in [4.78, 5) is 4.07. The van der Waals surface area contributed by atoms with Crippen LogP contribution >= 0.6 is 0 Å². The van der Waals surface area contributed by atoms with E-state index >= 15 is 0 Å². The number of nitrogens with two attached hydrogens (primary N) is 1. The van der Waals surface area contributed by atoms with Crippen LogP contribution < -0.4 is 11.1 Å². The van der Waals surface area contributed by atoms with E-state index in [1.54, 1.807) is 6.92 Å². The summed E-state index contributed by atoms with van der Waals surface area (Å²) in [7, 11) is 0. The molecule has 0 bridgehead atoms. The van der Waals surface area contributed by atoms with E-state index in [1.165, 1.54) is 24.3 Å². The number of aliphatic imine (C=N–C) groups is 1. The van der Waals surface area contributed by atoms with Crippen molar-refractivity contribution in [3.8, 4) is 0 Å². The van der Waals surface area contributed by atoms with Crippen LogP contribution in [0.25, 0.3) is 0 Å². The molecular formula is C13H20FN3O. The Morgan fingerprint density at radius 3 is 2.50 bits per heavy atom. The minimum absolute atomic E-state index is 0.115. The summed E-state index contributed by atoms with van der Waals surface area (Å²) in [5, 5.41) is 13.2. The molecule has 4 nitrogen and oxygen atoms in total. The van der Waals surface area contributed by atoms with Crippen LogP contribution in [-0.4, -0.2) is 23.7 Å². The Morgan fingerprint density at radius 2 is 2.00 bits per heavy atom. The SMILES string of the molecule is CC(C)NC(N)=NCC(C)(O)c1ccc(F)cc1. The monoisotopic (exact) mass is 253 g/mol. The first-order chi connectivity index (χ1) is 8.31. The Kier molecular flexibility index (Phi) is 4.67. The Bertz CT molecular complexity index is 413. The van der Waals surface area contributed by atoms with E-state index in [2.05, 4.69) is 10.3 Å². The number of nitrogens with one attached hydrogen (secondary N) is 1. The maximum absolute atomic E-state index is 12.8. The molecule has 0 aliphatic heterocycles. The standard InChI is InChI=1S/C13H20FN3O/c1-9(2)17-12(15)16-8-13(3,18)10-4-6-11(14)7-5-10/h4-7,9,18H,8H2,1-3H3,(H3,15,16,17). The molecule has 0 aliphatic carbocycles. The number of hydrogen-bond donors (Lipinski definition) is 3. The second kappa shape index (κ2) is 5.82. The van der Waals surface area contributed by atoms with E-state index in [0.717, 1.165) is 0 Å². The topological polar surface area (TPSA) is 70.6 Å². The van der Waals surface area contributed by atoms with Crippen LogP contribution in [0.4, 0.5) is 4.39 Å². The summed E-state index contributed by atoms with van der Waals surface area (Å²) in [6.45, 7) is 5.62. The molecule has 1 rings (SSSR count). The number of nitrogens with zero attached hydrogens (tertiary/aromatic N) is 1. The maximum Gasteiger partial charge on any atom is 0.188 e. The third kappa shape index (κ3) is 4.33. The predicted molar refractivity (Wildman–Crippen MR) is 70.7 cm³/mol. The minimum atomic E-state index is -1.17. The lowest BCUT2D eigenvalue weighted by atomic mass is 9.96. The van der Waals surface area contributed by atoms with Crippen molar-refractivity contribution in [2.45, 2.75) is 32.4 Å². The Hall–Kier alpha value is -1.62. The summed E-state index contributed by atoms with van der Waals surface area (Å²) in [5.74, 6) is -0.0496. The number of hydrogen-bond acceptors (Lipinski definition) is 2. The number of rotatable bonds is 4. The smallest absolute Gasteiger partial charge is 0.188 e. The molecule has 0 fully saturated rings. The van der Waals surface area contributed by atoms with Gasteiger partial charge in [0.15, 0.2) is 5.96 Å². The zero-order valence-corrected chi connectivity index (χ0v) is 10.9. The van der Waals surface area contributed by atoms with Gasteiger partial charge in [-0.05, 0) is 38.5 Å². The van der Waals surface area contributed by atoms with Gasteiger partial charge in [0.2, 0.25) is 0 Å². The van der Waals surface area contributed by atoms with Crippen molar-refractivity contribution >= 4 is 5.96 Å². The van der Waals surface area contributed by atoms with Crippen LogP contribution in [0.5, 0.6) is 0 Å². The highest BCUT2D eigenvalue weighted by Crippen LogP contribution is 2.20. The first-order valence-corrected chi connectivity index (χ1v) is 5.86. The fraction of sp³-hybridized carbons (Fsp3) is 0.462. The predicted octanol–water partition coefficient (Wildman–Crippen LogP) is 1.35. The zero-order valence-electron chi connectivity index (χ0n) is 10.9.